The third-order valence-corrected chi connectivity index (χ3v) is 3.31. The van der Waals surface area contributed by atoms with E-state index in [1.165, 1.54) is 11.8 Å². The van der Waals surface area contributed by atoms with Gasteiger partial charge in [-0.05, 0) is 19.2 Å². The molecule has 0 amide bonds. The summed E-state index contributed by atoms with van der Waals surface area (Å²) in [6, 6.07) is 11.5. The van der Waals surface area contributed by atoms with Gasteiger partial charge >= 0.3 is 0 Å². The van der Waals surface area contributed by atoms with E-state index in [4.69, 9.17) is 9.52 Å². The lowest BCUT2D eigenvalue weighted by Crippen LogP contribution is -2.30. The first-order chi connectivity index (χ1) is 10.1. The number of para-hydroxylation sites is 1. The van der Waals surface area contributed by atoms with E-state index >= 15 is 0 Å². The lowest BCUT2D eigenvalue weighted by Gasteiger charge is -2.23. The van der Waals surface area contributed by atoms with Crippen LogP contribution in [0.2, 0.25) is 0 Å². The van der Waals surface area contributed by atoms with Gasteiger partial charge in [0.2, 0.25) is 5.43 Å². The van der Waals surface area contributed by atoms with Gasteiger partial charge in [-0.15, -0.1) is 0 Å². The molecule has 0 bridgehead atoms. The molecule has 0 atom stereocenters. The molecule has 0 fully saturated rings. The van der Waals surface area contributed by atoms with Crippen LogP contribution in [0.4, 0.5) is 5.69 Å². The number of hydrogen-bond acceptors (Lipinski definition) is 5. The highest BCUT2D eigenvalue weighted by Crippen LogP contribution is 2.11. The molecule has 0 saturated heterocycles. The van der Waals surface area contributed by atoms with E-state index in [-0.39, 0.29) is 5.75 Å². The Balaban J connectivity index is 1.86. The Kier molecular flexibility index (Phi) is 5.00. The Labute approximate surface area is 124 Å². The molecule has 1 heterocycles. The van der Waals surface area contributed by atoms with Gasteiger partial charge in [0.1, 0.15) is 12.0 Å². The van der Waals surface area contributed by atoms with Gasteiger partial charge < -0.3 is 14.4 Å². The Morgan fingerprint density at radius 3 is 2.52 bits per heavy atom. The summed E-state index contributed by atoms with van der Waals surface area (Å²) in [5.74, 6) is 0.188. The predicted molar refractivity (Wildman–Crippen MR) is 82.7 cm³/mol. The number of hydrogen-bond donors (Lipinski definition) is 1. The Morgan fingerprint density at radius 1 is 1.14 bits per heavy atom. The minimum Gasteiger partial charge on any atom is -0.502 e. The molecule has 5 heteroatoms. The summed E-state index contributed by atoms with van der Waals surface area (Å²) in [6.45, 7) is 2.22. The molecular weight excluding hydrogens is 268 g/mol. The summed E-state index contributed by atoms with van der Waals surface area (Å²) in [5, 5.41) is 9.15. The predicted octanol–water partition coefficient (Wildman–Crippen LogP) is 1.91. The van der Waals surface area contributed by atoms with Crippen molar-refractivity contribution in [3.05, 3.63) is 58.6 Å². The molecule has 1 aromatic heterocycles. The number of likely N-dealkylation sites (N-methyl/N-ethyl adjacent to an activating group) is 2. The van der Waals surface area contributed by atoms with Crippen LogP contribution in [0.5, 0.6) is 5.75 Å². The maximum Gasteiger partial charge on any atom is 0.226 e. The molecule has 1 aromatic carbocycles. The topological polar surface area (TPSA) is 56.9 Å². The van der Waals surface area contributed by atoms with Crippen LogP contribution in [0.3, 0.4) is 0 Å². The summed E-state index contributed by atoms with van der Waals surface area (Å²) >= 11 is 0. The molecule has 112 valence electrons. The van der Waals surface area contributed by atoms with E-state index in [2.05, 4.69) is 21.9 Å². The first kappa shape index (κ1) is 15.1. The third-order valence-electron chi connectivity index (χ3n) is 3.31. The highest BCUT2D eigenvalue weighted by molar-refractivity contribution is 5.44. The van der Waals surface area contributed by atoms with Crippen LogP contribution in [0.1, 0.15) is 5.76 Å². The molecule has 0 aliphatic heterocycles. The molecular formula is C16H20N2O3. The van der Waals surface area contributed by atoms with Crippen molar-refractivity contribution in [3.8, 4) is 5.75 Å². The van der Waals surface area contributed by atoms with Gasteiger partial charge in [-0.1, -0.05) is 18.2 Å². The Bertz CT molecular complexity index is 625. The van der Waals surface area contributed by atoms with E-state index in [9.17, 15) is 4.79 Å². The van der Waals surface area contributed by atoms with Gasteiger partial charge in [0.15, 0.2) is 5.75 Å². The minimum absolute atomic E-state index is 0.356. The van der Waals surface area contributed by atoms with Crippen LogP contribution >= 0.6 is 0 Å². The Morgan fingerprint density at radius 2 is 1.86 bits per heavy atom. The fourth-order valence-corrected chi connectivity index (χ4v) is 2.00. The second-order valence-corrected chi connectivity index (χ2v) is 5.09. The van der Waals surface area contributed by atoms with Gasteiger partial charge in [0.05, 0.1) is 6.54 Å². The fraction of sp³-hybridized carbons (Fsp3) is 0.312. The zero-order valence-electron chi connectivity index (χ0n) is 12.3. The van der Waals surface area contributed by atoms with Crippen molar-refractivity contribution in [3.63, 3.8) is 0 Å². The van der Waals surface area contributed by atoms with Gasteiger partial charge in [-0.2, -0.15) is 0 Å². The summed E-state index contributed by atoms with van der Waals surface area (Å²) < 4.78 is 5.20. The standard InChI is InChI=1S/C16H20N2O3/c1-17(11-14-10-15(19)16(20)12-21-14)8-9-18(2)13-6-4-3-5-7-13/h3-7,10,12,20H,8-9,11H2,1-2H3. The first-order valence-corrected chi connectivity index (χ1v) is 6.81. The van der Waals surface area contributed by atoms with Crippen LogP contribution in [0.25, 0.3) is 0 Å². The van der Waals surface area contributed by atoms with Crippen LogP contribution in [0.15, 0.2) is 51.9 Å². The summed E-state index contributed by atoms with van der Waals surface area (Å²) in [5.41, 5.74) is 0.758. The van der Waals surface area contributed by atoms with Crippen molar-refractivity contribution >= 4 is 5.69 Å². The number of aromatic hydroxyl groups is 1. The second-order valence-electron chi connectivity index (χ2n) is 5.09. The summed E-state index contributed by atoms with van der Waals surface area (Å²) in [4.78, 5) is 15.6. The van der Waals surface area contributed by atoms with Crippen molar-refractivity contribution in [1.82, 2.24) is 4.90 Å². The van der Waals surface area contributed by atoms with Gasteiger partial charge in [0.25, 0.3) is 0 Å². The molecule has 0 spiro atoms. The molecule has 1 N–H and O–H groups in total. The number of benzene rings is 1. The molecule has 0 aliphatic carbocycles. The van der Waals surface area contributed by atoms with Gasteiger partial charge in [-0.25, -0.2) is 0 Å². The monoisotopic (exact) mass is 288 g/mol. The van der Waals surface area contributed by atoms with Crippen LogP contribution in [-0.2, 0) is 6.54 Å². The first-order valence-electron chi connectivity index (χ1n) is 6.81. The second kappa shape index (κ2) is 6.95. The minimum atomic E-state index is -0.411. The third kappa shape index (κ3) is 4.36. The maximum atomic E-state index is 11.3. The number of rotatable bonds is 6. The molecule has 2 rings (SSSR count). The van der Waals surface area contributed by atoms with E-state index in [0.29, 0.717) is 12.3 Å². The van der Waals surface area contributed by atoms with Crippen LogP contribution in [-0.4, -0.2) is 37.2 Å². The van der Waals surface area contributed by atoms with E-state index in [1.807, 2.05) is 32.3 Å². The zero-order chi connectivity index (χ0) is 15.2. The summed E-state index contributed by atoms with van der Waals surface area (Å²) in [6.07, 6.45) is 1.08. The normalized spacial score (nSPS) is 10.8. The molecule has 0 unspecified atom stereocenters. The van der Waals surface area contributed by atoms with Gasteiger partial charge in [0, 0.05) is 31.9 Å². The van der Waals surface area contributed by atoms with E-state index < -0.39 is 5.43 Å². The number of nitrogens with zero attached hydrogens (tertiary/aromatic N) is 2. The lowest BCUT2D eigenvalue weighted by molar-refractivity contribution is 0.293. The van der Waals surface area contributed by atoms with E-state index in [1.54, 1.807) is 0 Å². The highest BCUT2D eigenvalue weighted by atomic mass is 16.4. The molecule has 0 aliphatic rings. The van der Waals surface area contributed by atoms with Crippen molar-refractivity contribution in [1.29, 1.82) is 0 Å². The van der Waals surface area contributed by atoms with Crippen LogP contribution in [0, 0.1) is 0 Å². The van der Waals surface area contributed by atoms with Crippen LogP contribution < -0.4 is 10.3 Å². The van der Waals surface area contributed by atoms with Crippen molar-refractivity contribution in [2.75, 3.05) is 32.1 Å². The average Bonchev–Trinajstić information content (AvgIpc) is 2.49. The maximum absolute atomic E-state index is 11.3. The van der Waals surface area contributed by atoms with Crippen molar-refractivity contribution < 1.29 is 9.52 Å². The van der Waals surface area contributed by atoms with Crippen molar-refractivity contribution in [2.24, 2.45) is 0 Å². The molecule has 5 nitrogen and oxygen atoms in total. The summed E-state index contributed by atoms with van der Waals surface area (Å²) in [7, 11) is 4.01. The molecule has 2 aromatic rings. The zero-order valence-corrected chi connectivity index (χ0v) is 12.3. The van der Waals surface area contributed by atoms with Gasteiger partial charge in [-0.3, -0.25) is 9.69 Å². The quantitative estimate of drug-likeness (QED) is 0.880. The number of anilines is 1. The highest BCUT2D eigenvalue weighted by Gasteiger charge is 2.07. The molecule has 0 radical (unpaired) electrons. The smallest absolute Gasteiger partial charge is 0.226 e. The SMILES string of the molecule is CN(CCN(C)c1ccccc1)Cc1cc(=O)c(O)co1. The fourth-order valence-electron chi connectivity index (χ4n) is 2.00. The average molecular weight is 288 g/mol. The lowest BCUT2D eigenvalue weighted by atomic mass is 10.3. The molecule has 21 heavy (non-hydrogen) atoms. The van der Waals surface area contributed by atoms with E-state index in [0.717, 1.165) is 19.4 Å². The van der Waals surface area contributed by atoms with Crippen molar-refractivity contribution in [2.45, 2.75) is 6.54 Å². The Hall–Kier alpha value is -2.27. The largest absolute Gasteiger partial charge is 0.502 e. The molecule has 0 saturated carbocycles.